The summed E-state index contributed by atoms with van der Waals surface area (Å²) in [4.78, 5) is 30.0. The Hall–Kier alpha value is -4.38. The Morgan fingerprint density at radius 3 is 2.61 bits per heavy atom. The summed E-state index contributed by atoms with van der Waals surface area (Å²) in [5, 5.41) is 17.4. The molecule has 11 heteroatoms. The summed E-state index contributed by atoms with van der Waals surface area (Å²) in [5.74, 6) is -2.72. The molecule has 1 unspecified atom stereocenters. The number of rotatable bonds is 6. The largest absolute Gasteiger partial charge is 0.490 e. The van der Waals surface area contributed by atoms with Crippen molar-refractivity contribution in [3.63, 3.8) is 0 Å². The second-order valence-corrected chi connectivity index (χ2v) is 11.0. The number of aromatic nitrogens is 3. The quantitative estimate of drug-likeness (QED) is 0.304. The molecule has 4 aromatic rings. The summed E-state index contributed by atoms with van der Waals surface area (Å²) in [7, 11) is 0. The van der Waals surface area contributed by atoms with Crippen molar-refractivity contribution in [3.8, 4) is 17.0 Å². The lowest BCUT2D eigenvalue weighted by atomic mass is 9.91. The summed E-state index contributed by atoms with van der Waals surface area (Å²) >= 11 is 0. The minimum Gasteiger partial charge on any atom is -0.490 e. The van der Waals surface area contributed by atoms with Crippen molar-refractivity contribution in [2.45, 2.75) is 59.2 Å². The highest BCUT2D eigenvalue weighted by Gasteiger charge is 2.34. The fraction of sp³-hybridized carbons (Fsp3) is 0.333. The second kappa shape index (κ2) is 10.5. The van der Waals surface area contributed by atoms with Gasteiger partial charge in [0.05, 0.1) is 17.9 Å². The van der Waals surface area contributed by atoms with E-state index in [-0.39, 0.29) is 34.0 Å². The first kappa shape index (κ1) is 28.2. The standard InChI is InChI=1S/C30H30F2N4O5/c1-15-19-10-7-11-40-26(19)21(32)13-20(15)25-24(27(29(38)39)41-30(3,4)5)16(2)33-23-14-22(35-36(23)25)34-28(37)17-8-6-9-18(31)12-17/h6,8-9,12-14,27H,7,10-11H2,1-5H3,(H,38,39)(H,34,35,37). The third-order valence-corrected chi connectivity index (χ3v) is 6.81. The number of hydrogen-bond acceptors (Lipinski definition) is 6. The van der Waals surface area contributed by atoms with Gasteiger partial charge in [0.25, 0.3) is 5.91 Å². The summed E-state index contributed by atoms with van der Waals surface area (Å²) in [6, 6.07) is 8.01. The molecule has 41 heavy (non-hydrogen) atoms. The number of fused-ring (bicyclic) bond motifs is 2. The van der Waals surface area contributed by atoms with Gasteiger partial charge in [-0.15, -0.1) is 5.10 Å². The van der Waals surface area contributed by atoms with Crippen LogP contribution in [0.5, 0.6) is 5.75 Å². The molecule has 0 radical (unpaired) electrons. The number of amides is 1. The van der Waals surface area contributed by atoms with E-state index in [0.717, 1.165) is 6.07 Å². The molecule has 3 heterocycles. The molecule has 1 aliphatic rings. The Kier molecular flexibility index (Phi) is 7.24. The van der Waals surface area contributed by atoms with E-state index in [1.54, 1.807) is 27.7 Å². The molecule has 0 bridgehead atoms. The van der Waals surface area contributed by atoms with E-state index in [2.05, 4.69) is 15.4 Å². The second-order valence-electron chi connectivity index (χ2n) is 11.0. The minimum absolute atomic E-state index is 0.0872. The minimum atomic E-state index is -1.47. The third-order valence-electron chi connectivity index (χ3n) is 6.81. The van der Waals surface area contributed by atoms with E-state index in [1.165, 1.54) is 34.8 Å². The van der Waals surface area contributed by atoms with E-state index >= 15 is 4.39 Å². The van der Waals surface area contributed by atoms with Crippen LogP contribution < -0.4 is 10.1 Å². The van der Waals surface area contributed by atoms with Crippen molar-refractivity contribution in [1.82, 2.24) is 14.6 Å². The Morgan fingerprint density at radius 2 is 1.93 bits per heavy atom. The van der Waals surface area contributed by atoms with Gasteiger partial charge in [-0.05, 0) is 77.3 Å². The van der Waals surface area contributed by atoms with Crippen LogP contribution in [0.15, 0.2) is 36.4 Å². The van der Waals surface area contributed by atoms with Gasteiger partial charge in [0.1, 0.15) is 5.82 Å². The summed E-state index contributed by atoms with van der Waals surface area (Å²) in [6.45, 7) is 9.08. The first-order valence-electron chi connectivity index (χ1n) is 13.2. The molecule has 0 saturated carbocycles. The van der Waals surface area contributed by atoms with Gasteiger partial charge < -0.3 is 19.9 Å². The third kappa shape index (κ3) is 5.49. The number of ether oxygens (including phenoxy) is 2. The number of hydrogen-bond donors (Lipinski definition) is 2. The van der Waals surface area contributed by atoms with Crippen molar-refractivity contribution < 1.29 is 33.0 Å². The maximum Gasteiger partial charge on any atom is 0.337 e. The fourth-order valence-corrected chi connectivity index (χ4v) is 5.08. The zero-order valence-corrected chi connectivity index (χ0v) is 23.3. The van der Waals surface area contributed by atoms with Gasteiger partial charge >= 0.3 is 5.97 Å². The van der Waals surface area contributed by atoms with Crippen LogP contribution in [-0.4, -0.2) is 43.8 Å². The molecule has 1 aliphatic heterocycles. The predicted molar refractivity (Wildman–Crippen MR) is 147 cm³/mol. The Labute approximate surface area is 235 Å². The van der Waals surface area contributed by atoms with E-state index in [4.69, 9.17) is 9.47 Å². The van der Waals surface area contributed by atoms with Crippen LogP contribution in [0.2, 0.25) is 0 Å². The van der Waals surface area contributed by atoms with Gasteiger partial charge in [-0.2, -0.15) is 0 Å². The van der Waals surface area contributed by atoms with Crippen LogP contribution in [0, 0.1) is 25.5 Å². The maximum absolute atomic E-state index is 15.5. The number of carbonyl (C=O) groups is 2. The van der Waals surface area contributed by atoms with Gasteiger partial charge in [0.15, 0.2) is 29.1 Å². The zero-order valence-electron chi connectivity index (χ0n) is 23.3. The molecule has 1 amide bonds. The Balaban J connectivity index is 1.76. The molecule has 0 saturated heterocycles. The average Bonchev–Trinajstić information content (AvgIpc) is 3.30. The first-order valence-corrected chi connectivity index (χ1v) is 13.2. The number of aryl methyl sites for hydroxylation is 1. The van der Waals surface area contributed by atoms with Crippen molar-refractivity contribution in [2.75, 3.05) is 11.9 Å². The topological polar surface area (TPSA) is 115 Å². The zero-order chi connectivity index (χ0) is 29.6. The monoisotopic (exact) mass is 564 g/mol. The molecule has 9 nitrogen and oxygen atoms in total. The SMILES string of the molecule is Cc1nc2cc(NC(=O)c3cccc(F)c3)nn2c(-c2cc(F)c3c(c2C)CCCO3)c1C(OC(C)(C)C)C(=O)O. The van der Waals surface area contributed by atoms with E-state index in [1.807, 2.05) is 6.92 Å². The number of nitrogens with one attached hydrogen (secondary N) is 1. The predicted octanol–water partition coefficient (Wildman–Crippen LogP) is 5.81. The van der Waals surface area contributed by atoms with Crippen molar-refractivity contribution in [3.05, 3.63) is 76.0 Å². The molecule has 2 aromatic heterocycles. The molecule has 1 atom stereocenters. The fourth-order valence-electron chi connectivity index (χ4n) is 5.08. The highest BCUT2D eigenvalue weighted by atomic mass is 19.1. The van der Waals surface area contributed by atoms with E-state index in [9.17, 15) is 19.1 Å². The van der Waals surface area contributed by atoms with Crippen LogP contribution in [0.3, 0.4) is 0 Å². The number of carbonyl (C=O) groups excluding carboxylic acids is 1. The van der Waals surface area contributed by atoms with Crippen molar-refractivity contribution in [2.24, 2.45) is 0 Å². The molecular weight excluding hydrogens is 534 g/mol. The highest BCUT2D eigenvalue weighted by Crippen LogP contribution is 2.41. The van der Waals surface area contributed by atoms with Crippen LogP contribution in [0.4, 0.5) is 14.6 Å². The van der Waals surface area contributed by atoms with Crippen molar-refractivity contribution >= 4 is 23.3 Å². The van der Waals surface area contributed by atoms with Crippen LogP contribution >= 0.6 is 0 Å². The van der Waals surface area contributed by atoms with Crippen molar-refractivity contribution in [1.29, 1.82) is 0 Å². The number of halogens is 2. The lowest BCUT2D eigenvalue weighted by Gasteiger charge is -2.28. The van der Waals surface area contributed by atoms with E-state index in [0.29, 0.717) is 41.8 Å². The normalized spacial score (nSPS) is 13.9. The number of nitrogens with zero attached hydrogens (tertiary/aromatic N) is 3. The number of aliphatic carboxylic acids is 1. The number of carboxylic acid groups (broad SMARTS) is 1. The van der Waals surface area contributed by atoms with Crippen LogP contribution in [0.25, 0.3) is 16.9 Å². The summed E-state index contributed by atoms with van der Waals surface area (Å²) in [6.07, 6.45) is -0.174. The lowest BCUT2D eigenvalue weighted by Crippen LogP contribution is -2.29. The van der Waals surface area contributed by atoms with Crippen LogP contribution in [0.1, 0.15) is 66.0 Å². The van der Waals surface area contributed by atoms with Gasteiger partial charge in [0, 0.05) is 34.0 Å². The molecule has 5 rings (SSSR count). The summed E-state index contributed by atoms with van der Waals surface area (Å²) in [5.41, 5.74) is 2.11. The van der Waals surface area contributed by atoms with Gasteiger partial charge in [-0.25, -0.2) is 23.1 Å². The molecule has 2 aromatic carbocycles. The van der Waals surface area contributed by atoms with Gasteiger partial charge in [-0.1, -0.05) is 6.07 Å². The van der Waals surface area contributed by atoms with Gasteiger partial charge in [0.2, 0.25) is 0 Å². The number of benzene rings is 2. The number of carboxylic acids is 1. The maximum atomic E-state index is 15.5. The lowest BCUT2D eigenvalue weighted by molar-refractivity contribution is -0.160. The van der Waals surface area contributed by atoms with Gasteiger partial charge in [-0.3, -0.25) is 4.79 Å². The first-order chi connectivity index (χ1) is 19.3. The molecular formula is C30H30F2N4O5. The molecule has 0 aliphatic carbocycles. The highest BCUT2D eigenvalue weighted by molar-refractivity contribution is 6.04. The van der Waals surface area contributed by atoms with Crippen LogP contribution in [-0.2, 0) is 16.0 Å². The number of anilines is 1. The van der Waals surface area contributed by atoms with E-state index < -0.39 is 35.2 Å². The molecule has 214 valence electrons. The molecule has 0 fully saturated rings. The smallest absolute Gasteiger partial charge is 0.337 e. The Bertz CT molecular complexity index is 1690. The molecule has 2 N–H and O–H groups in total. The summed E-state index contributed by atoms with van der Waals surface area (Å²) < 4.78 is 42.1. The average molecular weight is 565 g/mol. The molecule has 0 spiro atoms. The Morgan fingerprint density at radius 1 is 1.17 bits per heavy atom.